The molecule has 0 spiro atoms. The quantitative estimate of drug-likeness (QED) is 0.478. The van der Waals surface area contributed by atoms with Gasteiger partial charge in [-0.3, -0.25) is 19.4 Å². The molecule has 0 aromatic carbocycles. The number of nitrogens with zero attached hydrogens (tertiary/aromatic N) is 2. The van der Waals surface area contributed by atoms with Crippen molar-refractivity contribution in [1.82, 2.24) is 20.4 Å². The zero-order valence-electron chi connectivity index (χ0n) is 9.38. The van der Waals surface area contributed by atoms with Crippen LogP contribution in [0.25, 0.3) is 0 Å². The number of urea groups is 2. The average Bonchev–Trinajstić information content (AvgIpc) is 2.79. The first-order valence-electron chi connectivity index (χ1n) is 5.33. The Balaban J connectivity index is 1.90. The summed E-state index contributed by atoms with van der Waals surface area (Å²) in [5.41, 5.74) is 0. The smallest absolute Gasteiger partial charge is 0.324 e. The summed E-state index contributed by atoms with van der Waals surface area (Å²) in [6.45, 7) is -0.702. The van der Waals surface area contributed by atoms with Gasteiger partial charge in [-0.2, -0.15) is 0 Å². The summed E-state index contributed by atoms with van der Waals surface area (Å²) < 4.78 is 0. The second kappa shape index (κ2) is 4.61. The van der Waals surface area contributed by atoms with Gasteiger partial charge in [-0.1, -0.05) is 0 Å². The largest absolute Gasteiger partial charge is 0.389 e. The maximum Gasteiger partial charge on any atom is 0.324 e. The van der Waals surface area contributed by atoms with Gasteiger partial charge in [-0.15, -0.1) is 0 Å². The number of nitrogens with one attached hydrogen (secondary N) is 2. The van der Waals surface area contributed by atoms with Crippen LogP contribution in [-0.2, 0) is 9.59 Å². The van der Waals surface area contributed by atoms with Crippen molar-refractivity contribution < 1.29 is 24.3 Å². The van der Waals surface area contributed by atoms with E-state index in [2.05, 4.69) is 10.6 Å². The maximum absolute atomic E-state index is 11.3. The highest BCUT2D eigenvalue weighted by Crippen LogP contribution is 2.05. The fraction of sp³-hybridized carbons (Fsp3) is 0.556. The van der Waals surface area contributed by atoms with E-state index in [0.29, 0.717) is 0 Å². The average molecular weight is 256 g/mol. The van der Waals surface area contributed by atoms with E-state index < -0.39 is 30.0 Å². The van der Waals surface area contributed by atoms with Crippen molar-refractivity contribution in [2.75, 3.05) is 26.2 Å². The molecule has 0 unspecified atom stereocenters. The lowest BCUT2D eigenvalue weighted by Gasteiger charge is -2.20. The fourth-order valence-electron chi connectivity index (χ4n) is 1.76. The van der Waals surface area contributed by atoms with Crippen molar-refractivity contribution in [3.8, 4) is 0 Å². The van der Waals surface area contributed by atoms with Crippen LogP contribution in [0.1, 0.15) is 0 Å². The van der Waals surface area contributed by atoms with Crippen LogP contribution in [0.5, 0.6) is 0 Å². The van der Waals surface area contributed by atoms with Gasteiger partial charge in [-0.25, -0.2) is 9.59 Å². The van der Waals surface area contributed by atoms with Crippen molar-refractivity contribution in [2.24, 2.45) is 0 Å². The molecule has 2 saturated heterocycles. The van der Waals surface area contributed by atoms with Crippen LogP contribution in [0.4, 0.5) is 9.59 Å². The molecular formula is C9H12N4O5. The van der Waals surface area contributed by atoms with Crippen molar-refractivity contribution in [3.63, 3.8) is 0 Å². The van der Waals surface area contributed by atoms with Gasteiger partial charge in [0.15, 0.2) is 0 Å². The molecule has 2 heterocycles. The summed E-state index contributed by atoms with van der Waals surface area (Å²) in [6.07, 6.45) is -1.16. The number of β-amino-alcohol motifs (C(OH)–C–C–N with tert-alkyl or cyclic N) is 1. The molecule has 9 nitrogen and oxygen atoms in total. The third-order valence-corrected chi connectivity index (χ3v) is 2.66. The van der Waals surface area contributed by atoms with E-state index in [9.17, 15) is 24.3 Å². The van der Waals surface area contributed by atoms with Crippen LogP contribution >= 0.6 is 0 Å². The highest BCUT2D eigenvalue weighted by molar-refractivity contribution is 6.02. The molecule has 0 saturated carbocycles. The van der Waals surface area contributed by atoms with Crippen LogP contribution in [-0.4, -0.2) is 71.1 Å². The predicted octanol–water partition coefficient (Wildman–Crippen LogP) is -2.55. The van der Waals surface area contributed by atoms with Gasteiger partial charge < -0.3 is 15.7 Å². The number of imide groups is 2. The van der Waals surface area contributed by atoms with Crippen LogP contribution in [0.15, 0.2) is 0 Å². The molecule has 2 rings (SSSR count). The Morgan fingerprint density at radius 1 is 0.944 bits per heavy atom. The van der Waals surface area contributed by atoms with E-state index in [-0.39, 0.29) is 26.2 Å². The zero-order chi connectivity index (χ0) is 13.3. The van der Waals surface area contributed by atoms with Gasteiger partial charge in [0.25, 0.3) is 0 Å². The Hall–Kier alpha value is -2.16. The van der Waals surface area contributed by atoms with Gasteiger partial charge in [0.05, 0.1) is 32.3 Å². The Kier molecular flexibility index (Phi) is 3.15. The lowest BCUT2D eigenvalue weighted by molar-refractivity contribution is -0.127. The van der Waals surface area contributed by atoms with Crippen LogP contribution < -0.4 is 10.6 Å². The molecule has 6 amide bonds. The first-order chi connectivity index (χ1) is 8.49. The number of hydrogen-bond donors (Lipinski definition) is 3. The number of aliphatic hydroxyl groups excluding tert-OH is 1. The number of aliphatic hydroxyl groups is 1. The molecule has 3 N–H and O–H groups in total. The standard InChI is InChI=1S/C9H12N4O5/c14-5(3-12-6(15)1-10-8(12)17)4-13-7(16)2-11-9(13)18/h5,14H,1-4H2,(H,10,17)(H,11,18). The second-order valence-corrected chi connectivity index (χ2v) is 3.98. The van der Waals surface area contributed by atoms with E-state index in [1.807, 2.05) is 0 Å². The maximum atomic E-state index is 11.3. The van der Waals surface area contributed by atoms with Gasteiger partial charge in [0.1, 0.15) is 0 Å². The molecule has 18 heavy (non-hydrogen) atoms. The first kappa shape index (κ1) is 12.3. The molecule has 98 valence electrons. The molecule has 0 bridgehead atoms. The van der Waals surface area contributed by atoms with E-state index >= 15 is 0 Å². The topological polar surface area (TPSA) is 119 Å². The lowest BCUT2D eigenvalue weighted by atomic mass is 10.3. The molecular weight excluding hydrogens is 244 g/mol. The van der Waals surface area contributed by atoms with Crippen LogP contribution in [0.2, 0.25) is 0 Å². The van der Waals surface area contributed by atoms with E-state index in [1.54, 1.807) is 0 Å². The Labute approximate surface area is 102 Å². The van der Waals surface area contributed by atoms with E-state index in [4.69, 9.17) is 0 Å². The molecule has 2 fully saturated rings. The third kappa shape index (κ3) is 2.25. The third-order valence-electron chi connectivity index (χ3n) is 2.66. The molecule has 0 aromatic heterocycles. The SMILES string of the molecule is O=C1CNC(=O)N1CC(O)CN1C(=O)CNC1=O. The second-order valence-electron chi connectivity index (χ2n) is 3.98. The summed E-state index contributed by atoms with van der Waals surface area (Å²) >= 11 is 0. The molecule has 0 aliphatic carbocycles. The number of carbonyl (C=O) groups is 4. The molecule has 0 atom stereocenters. The molecule has 2 aliphatic heterocycles. The van der Waals surface area contributed by atoms with Gasteiger partial charge in [0.2, 0.25) is 11.8 Å². The molecule has 2 aliphatic rings. The van der Waals surface area contributed by atoms with E-state index in [1.165, 1.54) is 0 Å². The normalized spacial score (nSPS) is 19.9. The summed E-state index contributed by atoms with van der Waals surface area (Å²) in [4.78, 5) is 46.6. The number of hydrogen-bond acceptors (Lipinski definition) is 5. The minimum absolute atomic E-state index is 0.102. The van der Waals surface area contributed by atoms with Crippen LogP contribution in [0.3, 0.4) is 0 Å². The fourth-order valence-corrected chi connectivity index (χ4v) is 1.76. The Morgan fingerprint density at radius 2 is 1.33 bits per heavy atom. The van der Waals surface area contributed by atoms with Gasteiger partial charge in [-0.05, 0) is 0 Å². The number of carbonyl (C=O) groups excluding carboxylic acids is 4. The molecule has 9 heteroatoms. The first-order valence-corrected chi connectivity index (χ1v) is 5.33. The van der Waals surface area contributed by atoms with Crippen LogP contribution in [0, 0.1) is 0 Å². The Bertz CT molecular complexity index is 353. The van der Waals surface area contributed by atoms with Crippen molar-refractivity contribution in [3.05, 3.63) is 0 Å². The Morgan fingerprint density at radius 3 is 1.61 bits per heavy atom. The highest BCUT2D eigenvalue weighted by Gasteiger charge is 2.34. The molecule has 0 aromatic rings. The summed E-state index contributed by atoms with van der Waals surface area (Å²) in [5, 5.41) is 14.3. The van der Waals surface area contributed by atoms with Gasteiger partial charge >= 0.3 is 12.1 Å². The summed E-state index contributed by atoms with van der Waals surface area (Å²) in [5.74, 6) is -0.896. The zero-order valence-corrected chi connectivity index (χ0v) is 9.38. The summed E-state index contributed by atoms with van der Waals surface area (Å²) in [6, 6.07) is -1.17. The number of rotatable bonds is 4. The minimum atomic E-state index is -1.16. The molecule has 0 radical (unpaired) electrons. The highest BCUT2D eigenvalue weighted by atomic mass is 16.3. The summed E-state index contributed by atoms with van der Waals surface area (Å²) in [7, 11) is 0. The predicted molar refractivity (Wildman–Crippen MR) is 56.2 cm³/mol. The number of amides is 6. The van der Waals surface area contributed by atoms with Crippen molar-refractivity contribution >= 4 is 23.9 Å². The minimum Gasteiger partial charge on any atom is -0.389 e. The van der Waals surface area contributed by atoms with Gasteiger partial charge in [0, 0.05) is 0 Å². The van der Waals surface area contributed by atoms with Crippen molar-refractivity contribution in [1.29, 1.82) is 0 Å². The lowest BCUT2D eigenvalue weighted by Crippen LogP contribution is -2.44. The van der Waals surface area contributed by atoms with Crippen molar-refractivity contribution in [2.45, 2.75) is 6.10 Å². The van der Waals surface area contributed by atoms with E-state index in [0.717, 1.165) is 9.80 Å². The monoisotopic (exact) mass is 256 g/mol.